The van der Waals surface area contributed by atoms with Crippen LogP contribution in [0.4, 0.5) is 0 Å². The molecule has 1 saturated heterocycles. The van der Waals surface area contributed by atoms with Gasteiger partial charge in [-0.05, 0) is 31.0 Å². The molecule has 0 aliphatic carbocycles. The van der Waals surface area contributed by atoms with Gasteiger partial charge in [-0.3, -0.25) is 14.9 Å². The number of hydrogen-bond acceptors (Lipinski definition) is 3. The third-order valence-corrected chi connectivity index (χ3v) is 4.78. The zero-order valence-electron chi connectivity index (χ0n) is 15.4. The number of nitrogens with one attached hydrogen (secondary N) is 2. The number of aliphatic imine (C=N–C) groups is 1. The van der Waals surface area contributed by atoms with Crippen LogP contribution in [0.1, 0.15) is 30.6 Å². The van der Waals surface area contributed by atoms with Gasteiger partial charge in [0.15, 0.2) is 5.96 Å². The summed E-state index contributed by atoms with van der Waals surface area (Å²) in [7, 11) is 1.81. The molecule has 2 heterocycles. The molecule has 2 aromatic rings. The van der Waals surface area contributed by atoms with E-state index in [-0.39, 0.29) is 24.0 Å². The van der Waals surface area contributed by atoms with Crippen LogP contribution in [0.3, 0.4) is 0 Å². The first kappa shape index (κ1) is 20.6. The molecule has 1 aromatic heterocycles. The Hall–Kier alpha value is -1.67. The van der Waals surface area contributed by atoms with Crippen LogP contribution in [-0.2, 0) is 6.54 Å². The third kappa shape index (κ3) is 5.67. The number of rotatable bonds is 5. The van der Waals surface area contributed by atoms with Gasteiger partial charge in [0, 0.05) is 38.4 Å². The van der Waals surface area contributed by atoms with E-state index in [0.717, 1.165) is 31.2 Å². The topological polar surface area (TPSA) is 52.6 Å². The lowest BCUT2D eigenvalue weighted by Crippen LogP contribution is -2.44. The van der Waals surface area contributed by atoms with Crippen molar-refractivity contribution in [1.29, 1.82) is 0 Å². The smallest absolute Gasteiger partial charge is 0.191 e. The molecule has 1 aromatic carbocycles. The minimum Gasteiger partial charge on any atom is -0.352 e. The average Bonchev–Trinajstić information content (AvgIpc) is 3.14. The van der Waals surface area contributed by atoms with E-state index in [9.17, 15) is 0 Å². The van der Waals surface area contributed by atoms with E-state index in [2.05, 4.69) is 62.8 Å². The van der Waals surface area contributed by atoms with E-state index in [1.54, 1.807) is 0 Å². The maximum atomic E-state index is 4.34. The van der Waals surface area contributed by atoms with Gasteiger partial charge in [0.1, 0.15) is 0 Å². The minimum absolute atomic E-state index is 0. The van der Waals surface area contributed by atoms with Gasteiger partial charge in [0.25, 0.3) is 0 Å². The summed E-state index contributed by atoms with van der Waals surface area (Å²) in [5.41, 5.74) is 2.39. The second kappa shape index (κ2) is 10.5. The van der Waals surface area contributed by atoms with Gasteiger partial charge in [0.2, 0.25) is 0 Å². The first-order valence-electron chi connectivity index (χ1n) is 8.92. The summed E-state index contributed by atoms with van der Waals surface area (Å²) in [6, 6.07) is 17.5. The zero-order chi connectivity index (χ0) is 17.5. The van der Waals surface area contributed by atoms with Crippen molar-refractivity contribution in [2.45, 2.75) is 32.0 Å². The Bertz CT molecular complexity index is 677. The Morgan fingerprint density at radius 3 is 2.69 bits per heavy atom. The Balaban J connectivity index is 0.00000243. The Labute approximate surface area is 173 Å². The molecule has 0 spiro atoms. The number of hydrogen-bond donors (Lipinski definition) is 2. The monoisotopic (exact) mass is 465 g/mol. The van der Waals surface area contributed by atoms with Crippen LogP contribution in [0.5, 0.6) is 0 Å². The highest BCUT2D eigenvalue weighted by Gasteiger charge is 2.27. The van der Waals surface area contributed by atoms with Gasteiger partial charge in [0.05, 0.1) is 12.2 Å². The van der Waals surface area contributed by atoms with Crippen molar-refractivity contribution in [3.05, 3.63) is 66.0 Å². The molecule has 3 rings (SSSR count). The van der Waals surface area contributed by atoms with Gasteiger partial charge in [-0.1, -0.05) is 36.4 Å². The first-order chi connectivity index (χ1) is 12.3. The fourth-order valence-corrected chi connectivity index (χ4v) is 3.26. The average molecular weight is 465 g/mol. The lowest BCUT2D eigenvalue weighted by molar-refractivity contribution is 0.258. The lowest BCUT2D eigenvalue weighted by Gasteiger charge is -2.25. The van der Waals surface area contributed by atoms with Crippen molar-refractivity contribution in [2.75, 3.05) is 20.1 Å². The molecule has 2 atom stereocenters. The van der Waals surface area contributed by atoms with E-state index in [1.165, 1.54) is 5.56 Å². The minimum atomic E-state index is 0. The third-order valence-electron chi connectivity index (χ3n) is 4.78. The van der Waals surface area contributed by atoms with Crippen molar-refractivity contribution in [1.82, 2.24) is 20.5 Å². The van der Waals surface area contributed by atoms with E-state index in [4.69, 9.17) is 0 Å². The molecule has 2 unspecified atom stereocenters. The fraction of sp³-hybridized carbons (Fsp3) is 0.400. The molecule has 26 heavy (non-hydrogen) atoms. The summed E-state index contributed by atoms with van der Waals surface area (Å²) in [4.78, 5) is 11.2. The highest BCUT2D eigenvalue weighted by Crippen LogP contribution is 2.24. The van der Waals surface area contributed by atoms with Crippen molar-refractivity contribution >= 4 is 29.9 Å². The molecule has 0 bridgehead atoms. The van der Waals surface area contributed by atoms with Crippen molar-refractivity contribution in [3.8, 4) is 0 Å². The lowest BCUT2D eigenvalue weighted by atomic mass is 10.1. The largest absolute Gasteiger partial charge is 0.352 e. The van der Waals surface area contributed by atoms with Gasteiger partial charge in [-0.2, -0.15) is 0 Å². The molecular formula is C20H28IN5. The standard InChI is InChI=1S/C20H27N5.HI/c1-16(17-8-4-3-5-9-17)25-13-11-19(15-25)24-20(21-2)23-14-18-10-6-7-12-22-18;/h3-10,12,16,19H,11,13-15H2,1-2H3,(H2,21,23,24);1H. The van der Waals surface area contributed by atoms with Gasteiger partial charge in [-0.25, -0.2) is 0 Å². The number of aromatic nitrogens is 1. The molecule has 0 saturated carbocycles. The van der Waals surface area contributed by atoms with Crippen LogP contribution in [0.15, 0.2) is 59.7 Å². The predicted molar refractivity (Wildman–Crippen MR) is 118 cm³/mol. The second-order valence-corrected chi connectivity index (χ2v) is 6.46. The number of halogens is 1. The van der Waals surface area contributed by atoms with E-state index in [1.807, 2.05) is 31.4 Å². The molecule has 0 amide bonds. The number of likely N-dealkylation sites (tertiary alicyclic amines) is 1. The van der Waals surface area contributed by atoms with Gasteiger partial charge >= 0.3 is 0 Å². The zero-order valence-corrected chi connectivity index (χ0v) is 17.8. The molecule has 0 radical (unpaired) electrons. The molecular weight excluding hydrogens is 437 g/mol. The summed E-state index contributed by atoms with van der Waals surface area (Å²) in [6.45, 7) is 5.09. The number of pyridine rings is 1. The predicted octanol–water partition coefficient (Wildman–Crippen LogP) is 3.20. The van der Waals surface area contributed by atoms with E-state index >= 15 is 0 Å². The number of nitrogens with zero attached hydrogens (tertiary/aromatic N) is 3. The highest BCUT2D eigenvalue weighted by molar-refractivity contribution is 14.0. The quantitative estimate of drug-likeness (QED) is 0.405. The summed E-state index contributed by atoms with van der Waals surface area (Å²) in [6.07, 6.45) is 2.94. The van der Waals surface area contributed by atoms with Crippen LogP contribution in [-0.4, -0.2) is 42.0 Å². The molecule has 6 heteroatoms. The SMILES string of the molecule is CN=C(NCc1ccccn1)NC1CCN(C(C)c2ccccc2)C1.I. The molecule has 1 aliphatic heterocycles. The molecule has 2 N–H and O–H groups in total. The number of benzene rings is 1. The van der Waals surface area contributed by atoms with Crippen molar-refractivity contribution in [3.63, 3.8) is 0 Å². The molecule has 5 nitrogen and oxygen atoms in total. The Kier molecular flexibility index (Phi) is 8.31. The Morgan fingerprint density at radius 1 is 1.23 bits per heavy atom. The molecule has 140 valence electrons. The van der Waals surface area contributed by atoms with Gasteiger partial charge < -0.3 is 10.6 Å². The van der Waals surface area contributed by atoms with Crippen molar-refractivity contribution in [2.24, 2.45) is 4.99 Å². The maximum Gasteiger partial charge on any atom is 0.191 e. The van der Waals surface area contributed by atoms with Gasteiger partial charge in [-0.15, -0.1) is 24.0 Å². The molecule has 1 aliphatic rings. The first-order valence-corrected chi connectivity index (χ1v) is 8.92. The van der Waals surface area contributed by atoms with Crippen LogP contribution in [0.2, 0.25) is 0 Å². The summed E-state index contributed by atoms with van der Waals surface area (Å²) < 4.78 is 0. The van der Waals surface area contributed by atoms with Crippen LogP contribution >= 0.6 is 24.0 Å². The summed E-state index contributed by atoms with van der Waals surface area (Å²) >= 11 is 0. The van der Waals surface area contributed by atoms with Crippen LogP contribution < -0.4 is 10.6 Å². The normalized spacial score (nSPS) is 18.8. The molecule has 1 fully saturated rings. The van der Waals surface area contributed by atoms with Crippen LogP contribution in [0.25, 0.3) is 0 Å². The maximum absolute atomic E-state index is 4.34. The van der Waals surface area contributed by atoms with E-state index in [0.29, 0.717) is 18.6 Å². The number of guanidine groups is 1. The fourth-order valence-electron chi connectivity index (χ4n) is 3.26. The van der Waals surface area contributed by atoms with Crippen molar-refractivity contribution < 1.29 is 0 Å². The van der Waals surface area contributed by atoms with Crippen LogP contribution in [0, 0.1) is 0 Å². The second-order valence-electron chi connectivity index (χ2n) is 6.46. The summed E-state index contributed by atoms with van der Waals surface area (Å²) in [5.74, 6) is 0.838. The van der Waals surface area contributed by atoms with E-state index < -0.39 is 0 Å². The Morgan fingerprint density at radius 2 is 2.00 bits per heavy atom. The highest BCUT2D eigenvalue weighted by atomic mass is 127. The summed E-state index contributed by atoms with van der Waals surface area (Å²) in [5, 5.41) is 6.89.